The molecule has 0 fully saturated rings. The van der Waals surface area contributed by atoms with E-state index in [1.165, 1.54) is 5.56 Å². The second kappa shape index (κ2) is 7.30. The number of ether oxygens (including phenoxy) is 1. The Kier molecular flexibility index (Phi) is 5.96. The van der Waals surface area contributed by atoms with Gasteiger partial charge in [-0.3, -0.25) is 4.98 Å². The Hall–Kier alpha value is -1.00. The lowest BCUT2D eigenvalue weighted by Gasteiger charge is -2.11. The summed E-state index contributed by atoms with van der Waals surface area (Å²) in [5, 5.41) is 0. The zero-order chi connectivity index (χ0) is 11.8. The van der Waals surface area contributed by atoms with Gasteiger partial charge in [0.1, 0.15) is 0 Å². The molecule has 0 saturated heterocycles. The molecule has 88 valence electrons. The molecule has 0 aliphatic heterocycles. The van der Waals surface area contributed by atoms with Gasteiger partial charge in [0.25, 0.3) is 0 Å². The van der Waals surface area contributed by atoms with E-state index < -0.39 is 0 Å². The number of pyridine rings is 1. The summed E-state index contributed by atoms with van der Waals surface area (Å²) < 4.78 is 5.59. The van der Waals surface area contributed by atoms with Crippen LogP contribution in [0.4, 0.5) is 0 Å². The number of nitrogens with zero attached hydrogens (tertiary/aromatic N) is 1. The van der Waals surface area contributed by atoms with Gasteiger partial charge in [0.2, 0.25) is 0 Å². The summed E-state index contributed by atoms with van der Waals surface area (Å²) in [5.41, 5.74) is 6.73. The smallest absolute Gasteiger partial charge is 0.0753 e. The molecule has 0 bridgehead atoms. The topological polar surface area (TPSA) is 48.1 Å². The van der Waals surface area contributed by atoms with E-state index in [0.717, 1.165) is 19.4 Å². The van der Waals surface area contributed by atoms with Gasteiger partial charge in [0.15, 0.2) is 0 Å². The third kappa shape index (κ3) is 5.78. The highest BCUT2D eigenvalue weighted by Crippen LogP contribution is 2.03. The van der Waals surface area contributed by atoms with Crippen molar-refractivity contribution >= 4 is 17.2 Å². The van der Waals surface area contributed by atoms with Crippen LogP contribution in [0.25, 0.3) is 0 Å². The van der Waals surface area contributed by atoms with Crippen molar-refractivity contribution in [3.05, 3.63) is 30.1 Å². The minimum atomic E-state index is 0.120. The van der Waals surface area contributed by atoms with Crippen LogP contribution in [0.2, 0.25) is 0 Å². The van der Waals surface area contributed by atoms with Gasteiger partial charge in [-0.15, -0.1) is 0 Å². The van der Waals surface area contributed by atoms with Crippen LogP contribution in [-0.2, 0) is 11.2 Å². The van der Waals surface area contributed by atoms with E-state index in [2.05, 4.69) is 4.98 Å². The Morgan fingerprint density at radius 3 is 2.81 bits per heavy atom. The van der Waals surface area contributed by atoms with Gasteiger partial charge in [-0.05, 0) is 37.5 Å². The van der Waals surface area contributed by atoms with Crippen molar-refractivity contribution in [3.63, 3.8) is 0 Å². The molecule has 0 spiro atoms. The fraction of sp³-hybridized carbons (Fsp3) is 0.500. The summed E-state index contributed by atoms with van der Waals surface area (Å²) in [5.74, 6) is 0. The van der Waals surface area contributed by atoms with Crippen molar-refractivity contribution in [1.29, 1.82) is 0 Å². The number of hydrogen-bond acceptors (Lipinski definition) is 3. The molecule has 1 atom stereocenters. The Morgan fingerprint density at radius 2 is 2.19 bits per heavy atom. The zero-order valence-electron chi connectivity index (χ0n) is 9.56. The Bertz CT molecular complexity index is 316. The quantitative estimate of drug-likeness (QED) is 0.584. The van der Waals surface area contributed by atoms with E-state index in [-0.39, 0.29) is 6.10 Å². The van der Waals surface area contributed by atoms with E-state index in [0.29, 0.717) is 11.4 Å². The molecule has 1 heterocycles. The third-order valence-corrected chi connectivity index (χ3v) is 2.42. The van der Waals surface area contributed by atoms with Crippen LogP contribution in [0, 0.1) is 0 Å². The molecule has 3 nitrogen and oxygen atoms in total. The van der Waals surface area contributed by atoms with Gasteiger partial charge in [-0.25, -0.2) is 0 Å². The summed E-state index contributed by atoms with van der Waals surface area (Å²) in [4.78, 5) is 4.49. The predicted molar refractivity (Wildman–Crippen MR) is 69.4 cm³/mol. The molecule has 0 saturated carbocycles. The highest BCUT2D eigenvalue weighted by molar-refractivity contribution is 7.80. The van der Waals surface area contributed by atoms with Crippen molar-refractivity contribution in [2.75, 3.05) is 6.61 Å². The molecular formula is C12H18N2OS. The number of nitrogens with two attached hydrogens (primary N) is 1. The van der Waals surface area contributed by atoms with Gasteiger partial charge in [-0.1, -0.05) is 12.2 Å². The molecule has 0 aliphatic carbocycles. The standard InChI is InChI=1S/C12H18N2OS/c1-10(9-12(13)16)15-8-2-3-11-4-6-14-7-5-11/h4-7,10H,2-3,8-9H2,1H3,(H2,13,16). The number of aromatic nitrogens is 1. The average molecular weight is 238 g/mol. The van der Waals surface area contributed by atoms with Crippen LogP contribution in [-0.4, -0.2) is 22.7 Å². The second-order valence-corrected chi connectivity index (χ2v) is 4.34. The highest BCUT2D eigenvalue weighted by Gasteiger charge is 2.03. The molecule has 1 unspecified atom stereocenters. The first-order valence-corrected chi connectivity index (χ1v) is 5.88. The first-order chi connectivity index (χ1) is 7.68. The maximum Gasteiger partial charge on any atom is 0.0753 e. The van der Waals surface area contributed by atoms with E-state index in [1.54, 1.807) is 0 Å². The number of aryl methyl sites for hydroxylation is 1. The molecule has 16 heavy (non-hydrogen) atoms. The Morgan fingerprint density at radius 1 is 1.50 bits per heavy atom. The molecular weight excluding hydrogens is 220 g/mol. The maximum atomic E-state index is 5.59. The minimum absolute atomic E-state index is 0.120. The summed E-state index contributed by atoms with van der Waals surface area (Å²) in [6, 6.07) is 4.05. The van der Waals surface area contributed by atoms with Crippen LogP contribution in [0.15, 0.2) is 24.5 Å². The molecule has 0 radical (unpaired) electrons. The molecule has 2 N–H and O–H groups in total. The van der Waals surface area contributed by atoms with Gasteiger partial charge in [-0.2, -0.15) is 0 Å². The van der Waals surface area contributed by atoms with Crippen LogP contribution in [0.3, 0.4) is 0 Å². The molecule has 1 aromatic heterocycles. The van der Waals surface area contributed by atoms with E-state index in [4.69, 9.17) is 22.7 Å². The first-order valence-electron chi connectivity index (χ1n) is 5.47. The third-order valence-electron chi connectivity index (χ3n) is 2.25. The molecule has 0 aliphatic rings. The van der Waals surface area contributed by atoms with Gasteiger partial charge in [0, 0.05) is 25.4 Å². The lowest BCUT2D eigenvalue weighted by molar-refractivity contribution is 0.0696. The summed E-state index contributed by atoms with van der Waals surface area (Å²) in [6.07, 6.45) is 6.42. The molecule has 1 aromatic rings. The van der Waals surface area contributed by atoms with Gasteiger partial charge >= 0.3 is 0 Å². The van der Waals surface area contributed by atoms with Crippen molar-refractivity contribution in [1.82, 2.24) is 4.98 Å². The number of rotatable bonds is 7. The molecule has 0 amide bonds. The van der Waals surface area contributed by atoms with Gasteiger partial charge < -0.3 is 10.5 Å². The molecule has 0 aromatic carbocycles. The lowest BCUT2D eigenvalue weighted by atomic mass is 10.1. The van der Waals surface area contributed by atoms with Crippen molar-refractivity contribution in [2.45, 2.75) is 32.3 Å². The second-order valence-electron chi connectivity index (χ2n) is 3.81. The van der Waals surface area contributed by atoms with Crippen molar-refractivity contribution in [3.8, 4) is 0 Å². The van der Waals surface area contributed by atoms with Crippen LogP contribution in [0.5, 0.6) is 0 Å². The Balaban J connectivity index is 2.10. The van der Waals surface area contributed by atoms with Crippen LogP contribution >= 0.6 is 12.2 Å². The van der Waals surface area contributed by atoms with E-state index >= 15 is 0 Å². The van der Waals surface area contributed by atoms with E-state index in [9.17, 15) is 0 Å². The predicted octanol–water partition coefficient (Wildman–Crippen LogP) is 2.10. The van der Waals surface area contributed by atoms with Crippen LogP contribution in [0.1, 0.15) is 25.3 Å². The summed E-state index contributed by atoms with van der Waals surface area (Å²) in [7, 11) is 0. The van der Waals surface area contributed by atoms with Crippen LogP contribution < -0.4 is 5.73 Å². The highest BCUT2D eigenvalue weighted by atomic mass is 32.1. The SMILES string of the molecule is CC(CC(N)=S)OCCCc1ccncc1. The maximum absolute atomic E-state index is 5.59. The lowest BCUT2D eigenvalue weighted by Crippen LogP contribution is -2.19. The summed E-state index contributed by atoms with van der Waals surface area (Å²) in [6.45, 7) is 2.73. The fourth-order valence-electron chi connectivity index (χ4n) is 1.45. The molecule has 1 rings (SSSR count). The van der Waals surface area contributed by atoms with Gasteiger partial charge in [0.05, 0.1) is 11.1 Å². The fourth-order valence-corrected chi connectivity index (χ4v) is 1.69. The minimum Gasteiger partial charge on any atom is -0.393 e. The van der Waals surface area contributed by atoms with Crippen molar-refractivity contribution in [2.24, 2.45) is 5.73 Å². The summed E-state index contributed by atoms with van der Waals surface area (Å²) >= 11 is 4.82. The monoisotopic (exact) mass is 238 g/mol. The van der Waals surface area contributed by atoms with Crippen molar-refractivity contribution < 1.29 is 4.74 Å². The van der Waals surface area contributed by atoms with E-state index in [1.807, 2.05) is 31.5 Å². The molecule has 4 heteroatoms. The zero-order valence-corrected chi connectivity index (χ0v) is 10.4. The first kappa shape index (κ1) is 13.1. The average Bonchev–Trinajstić information content (AvgIpc) is 2.25. The number of hydrogen-bond donors (Lipinski definition) is 1. The largest absolute Gasteiger partial charge is 0.393 e. The number of thiocarbonyl (C=S) groups is 1. The Labute approximate surface area is 102 Å². The normalized spacial score (nSPS) is 12.3.